The molecule has 0 spiro atoms. The molecule has 0 bridgehead atoms. The van der Waals surface area contributed by atoms with Gasteiger partial charge in [0.25, 0.3) is 0 Å². The van der Waals surface area contributed by atoms with Crippen LogP contribution in [0.5, 0.6) is 0 Å². The SMILES string of the molecule is O=C(O)CCCCCn1cc([N+](=O)[O-])cn1. The van der Waals surface area contributed by atoms with E-state index in [9.17, 15) is 14.9 Å². The van der Waals surface area contributed by atoms with Crippen LogP contribution in [-0.4, -0.2) is 25.8 Å². The smallest absolute Gasteiger partial charge is 0.306 e. The minimum absolute atomic E-state index is 0.0227. The summed E-state index contributed by atoms with van der Waals surface area (Å²) in [5.41, 5.74) is -0.0227. The Kier molecular flexibility index (Phi) is 4.43. The molecule has 0 amide bonds. The summed E-state index contributed by atoms with van der Waals surface area (Å²) in [6.45, 7) is 0.577. The zero-order valence-corrected chi connectivity index (χ0v) is 8.70. The molecule has 0 atom stereocenters. The first-order valence-corrected chi connectivity index (χ1v) is 4.98. The number of aryl methyl sites for hydroxylation is 1. The normalized spacial score (nSPS) is 10.2. The third-order valence-corrected chi connectivity index (χ3v) is 2.11. The number of hydrogen-bond donors (Lipinski definition) is 1. The summed E-state index contributed by atoms with van der Waals surface area (Å²) in [4.78, 5) is 20.1. The van der Waals surface area contributed by atoms with Crippen LogP contribution in [0, 0.1) is 10.1 Å². The highest BCUT2D eigenvalue weighted by Gasteiger charge is 2.07. The Balaban J connectivity index is 2.21. The molecule has 0 saturated carbocycles. The Morgan fingerprint density at radius 1 is 1.50 bits per heavy atom. The first kappa shape index (κ1) is 12.2. The molecule has 7 nitrogen and oxygen atoms in total. The fourth-order valence-electron chi connectivity index (χ4n) is 1.30. The molecule has 0 fully saturated rings. The van der Waals surface area contributed by atoms with Gasteiger partial charge in [-0.15, -0.1) is 0 Å². The Morgan fingerprint density at radius 2 is 2.25 bits per heavy atom. The zero-order chi connectivity index (χ0) is 12.0. The van der Waals surface area contributed by atoms with Gasteiger partial charge in [0.05, 0.1) is 4.92 Å². The average Bonchev–Trinajstić information content (AvgIpc) is 2.65. The Hall–Kier alpha value is -1.92. The number of carboxylic acids is 1. The topological polar surface area (TPSA) is 98.3 Å². The fraction of sp³-hybridized carbons (Fsp3) is 0.556. The van der Waals surface area contributed by atoms with Crippen molar-refractivity contribution in [1.82, 2.24) is 9.78 Å². The van der Waals surface area contributed by atoms with E-state index in [2.05, 4.69) is 5.10 Å². The maximum Gasteiger partial charge on any atom is 0.306 e. The van der Waals surface area contributed by atoms with E-state index in [4.69, 9.17) is 5.11 Å². The van der Waals surface area contributed by atoms with Crippen molar-refractivity contribution >= 4 is 11.7 Å². The highest BCUT2D eigenvalue weighted by molar-refractivity contribution is 5.66. The monoisotopic (exact) mass is 227 g/mol. The van der Waals surface area contributed by atoms with Crippen LogP contribution in [0.25, 0.3) is 0 Å². The maximum absolute atomic E-state index is 10.4. The molecule has 0 aliphatic carbocycles. The number of carbonyl (C=O) groups is 1. The first-order chi connectivity index (χ1) is 7.59. The molecule has 0 radical (unpaired) electrons. The van der Waals surface area contributed by atoms with Gasteiger partial charge in [0.2, 0.25) is 0 Å². The van der Waals surface area contributed by atoms with E-state index in [0.29, 0.717) is 13.0 Å². The van der Waals surface area contributed by atoms with Crippen molar-refractivity contribution in [3.63, 3.8) is 0 Å². The van der Waals surface area contributed by atoms with Crippen molar-refractivity contribution in [2.24, 2.45) is 0 Å². The summed E-state index contributed by atoms with van der Waals surface area (Å²) in [7, 11) is 0. The second kappa shape index (κ2) is 5.84. The van der Waals surface area contributed by atoms with E-state index in [1.807, 2.05) is 0 Å². The van der Waals surface area contributed by atoms with E-state index in [1.54, 1.807) is 0 Å². The van der Waals surface area contributed by atoms with Crippen LogP contribution >= 0.6 is 0 Å². The molecule has 0 aliphatic heterocycles. The summed E-state index contributed by atoms with van der Waals surface area (Å²) < 4.78 is 1.50. The Bertz CT molecular complexity index is 375. The molecule has 1 aromatic heterocycles. The summed E-state index contributed by atoms with van der Waals surface area (Å²) in [6.07, 6.45) is 4.92. The third-order valence-electron chi connectivity index (χ3n) is 2.11. The van der Waals surface area contributed by atoms with Gasteiger partial charge in [0.15, 0.2) is 0 Å². The number of nitrogens with zero attached hydrogens (tertiary/aromatic N) is 3. The molecular formula is C9H13N3O4. The molecule has 88 valence electrons. The molecule has 1 rings (SSSR count). The Labute approximate surface area is 91.8 Å². The van der Waals surface area contributed by atoms with E-state index in [0.717, 1.165) is 12.8 Å². The molecule has 7 heteroatoms. The van der Waals surface area contributed by atoms with Gasteiger partial charge in [-0.3, -0.25) is 19.6 Å². The summed E-state index contributed by atoms with van der Waals surface area (Å²) in [5.74, 6) is -0.797. The van der Waals surface area contributed by atoms with Crippen molar-refractivity contribution in [2.75, 3.05) is 0 Å². The second-order valence-electron chi connectivity index (χ2n) is 3.42. The minimum Gasteiger partial charge on any atom is -0.481 e. The van der Waals surface area contributed by atoms with Crippen molar-refractivity contribution in [1.29, 1.82) is 0 Å². The van der Waals surface area contributed by atoms with Crippen molar-refractivity contribution in [3.05, 3.63) is 22.5 Å². The second-order valence-corrected chi connectivity index (χ2v) is 3.42. The van der Waals surface area contributed by atoms with Crippen molar-refractivity contribution in [2.45, 2.75) is 32.2 Å². The molecule has 16 heavy (non-hydrogen) atoms. The fourth-order valence-corrected chi connectivity index (χ4v) is 1.30. The highest BCUT2D eigenvalue weighted by atomic mass is 16.6. The number of aromatic nitrogens is 2. The third kappa shape index (κ3) is 4.07. The molecule has 0 saturated heterocycles. The van der Waals surface area contributed by atoms with Crippen LogP contribution in [-0.2, 0) is 11.3 Å². The average molecular weight is 227 g/mol. The van der Waals surface area contributed by atoms with Gasteiger partial charge in [-0.25, -0.2) is 0 Å². The standard InChI is InChI=1S/C9H13N3O4/c13-9(14)4-2-1-3-5-11-7-8(6-10-11)12(15)16/h6-7H,1-5H2,(H,13,14). The van der Waals surface area contributed by atoms with Crippen LogP contribution in [0.2, 0.25) is 0 Å². The quantitative estimate of drug-likeness (QED) is 0.431. The minimum atomic E-state index is -0.797. The number of hydrogen-bond acceptors (Lipinski definition) is 4. The van der Waals surface area contributed by atoms with Crippen LogP contribution in [0.4, 0.5) is 5.69 Å². The molecule has 0 aromatic carbocycles. The molecule has 0 aliphatic rings. The predicted octanol–water partition coefficient (Wildman–Crippen LogP) is 1.44. The van der Waals surface area contributed by atoms with E-state index in [1.165, 1.54) is 17.1 Å². The summed E-state index contributed by atoms with van der Waals surface area (Å²) >= 11 is 0. The highest BCUT2D eigenvalue weighted by Crippen LogP contribution is 2.09. The lowest BCUT2D eigenvalue weighted by molar-refractivity contribution is -0.385. The maximum atomic E-state index is 10.4. The first-order valence-electron chi connectivity index (χ1n) is 4.98. The number of aliphatic carboxylic acids is 1. The molecule has 0 unspecified atom stereocenters. The van der Waals surface area contributed by atoms with E-state index >= 15 is 0 Å². The Morgan fingerprint density at radius 3 is 2.81 bits per heavy atom. The number of rotatable bonds is 7. The number of carboxylic acid groups (broad SMARTS) is 1. The summed E-state index contributed by atoms with van der Waals surface area (Å²) in [5, 5.41) is 22.6. The van der Waals surface area contributed by atoms with Gasteiger partial charge in [-0.2, -0.15) is 5.10 Å². The molecule has 1 aromatic rings. The van der Waals surface area contributed by atoms with Gasteiger partial charge < -0.3 is 5.11 Å². The lowest BCUT2D eigenvalue weighted by Gasteiger charge is -1.99. The van der Waals surface area contributed by atoms with Gasteiger partial charge in [-0.1, -0.05) is 6.42 Å². The van der Waals surface area contributed by atoms with Gasteiger partial charge in [-0.05, 0) is 12.8 Å². The predicted molar refractivity (Wildman–Crippen MR) is 55.0 cm³/mol. The largest absolute Gasteiger partial charge is 0.481 e. The number of unbranched alkanes of at least 4 members (excludes halogenated alkanes) is 2. The van der Waals surface area contributed by atoms with Crippen LogP contribution in [0.1, 0.15) is 25.7 Å². The van der Waals surface area contributed by atoms with Crippen LogP contribution in [0.3, 0.4) is 0 Å². The van der Waals surface area contributed by atoms with Crippen LogP contribution in [0.15, 0.2) is 12.4 Å². The lowest BCUT2D eigenvalue weighted by Crippen LogP contribution is -1.99. The van der Waals surface area contributed by atoms with Gasteiger partial charge in [0.1, 0.15) is 12.4 Å². The lowest BCUT2D eigenvalue weighted by atomic mass is 10.2. The number of nitro groups is 1. The zero-order valence-electron chi connectivity index (χ0n) is 8.70. The van der Waals surface area contributed by atoms with Crippen molar-refractivity contribution < 1.29 is 14.8 Å². The van der Waals surface area contributed by atoms with Crippen molar-refractivity contribution in [3.8, 4) is 0 Å². The summed E-state index contributed by atoms with van der Waals surface area (Å²) in [6, 6.07) is 0. The van der Waals surface area contributed by atoms with E-state index < -0.39 is 10.9 Å². The molecular weight excluding hydrogens is 214 g/mol. The van der Waals surface area contributed by atoms with Crippen LogP contribution < -0.4 is 0 Å². The van der Waals surface area contributed by atoms with Gasteiger partial charge >= 0.3 is 11.7 Å². The van der Waals surface area contributed by atoms with E-state index in [-0.39, 0.29) is 12.1 Å². The van der Waals surface area contributed by atoms with Gasteiger partial charge in [0, 0.05) is 13.0 Å². The molecule has 1 N–H and O–H groups in total. The molecule has 1 heterocycles.